The zero-order valence-corrected chi connectivity index (χ0v) is 19.2. The number of hydrazone groups is 1. The van der Waals surface area contributed by atoms with Crippen molar-refractivity contribution in [1.29, 1.82) is 0 Å². The summed E-state index contributed by atoms with van der Waals surface area (Å²) in [5, 5.41) is 10.5. The molecule has 1 heterocycles. The van der Waals surface area contributed by atoms with E-state index in [4.69, 9.17) is 23.2 Å². The van der Waals surface area contributed by atoms with Gasteiger partial charge in [-0.25, -0.2) is 5.43 Å². The Kier molecular flexibility index (Phi) is 6.49. The van der Waals surface area contributed by atoms with E-state index in [9.17, 15) is 4.79 Å². The molecule has 2 N–H and O–H groups in total. The molecule has 1 amide bonds. The van der Waals surface area contributed by atoms with Crippen molar-refractivity contribution >= 4 is 51.8 Å². The van der Waals surface area contributed by atoms with Gasteiger partial charge in [0.2, 0.25) is 0 Å². The fraction of sp³-hybridized carbons (Fsp3) is 0.120. The summed E-state index contributed by atoms with van der Waals surface area (Å²) in [6, 6.07) is 21.5. The van der Waals surface area contributed by atoms with Gasteiger partial charge in [-0.3, -0.25) is 4.79 Å². The minimum atomic E-state index is -0.235. The highest BCUT2D eigenvalue weighted by Gasteiger charge is 2.13. The predicted octanol–water partition coefficient (Wildman–Crippen LogP) is 6.12. The molecule has 0 fully saturated rings. The lowest BCUT2D eigenvalue weighted by Gasteiger charge is -2.12. The van der Waals surface area contributed by atoms with Gasteiger partial charge in [0.25, 0.3) is 5.91 Å². The van der Waals surface area contributed by atoms with Gasteiger partial charge in [-0.05, 0) is 43.5 Å². The molecule has 0 aliphatic rings. The monoisotopic (exact) mass is 464 g/mol. The van der Waals surface area contributed by atoms with Gasteiger partial charge in [0.05, 0.1) is 28.5 Å². The van der Waals surface area contributed by atoms with Crippen LogP contribution in [0.25, 0.3) is 16.5 Å². The number of aromatic nitrogens is 1. The summed E-state index contributed by atoms with van der Waals surface area (Å²) in [6.45, 7) is 4.06. The fourth-order valence-electron chi connectivity index (χ4n) is 3.72. The summed E-state index contributed by atoms with van der Waals surface area (Å²) in [6.07, 6.45) is 1.63. The van der Waals surface area contributed by atoms with Crippen molar-refractivity contribution in [3.05, 3.63) is 93.7 Å². The van der Waals surface area contributed by atoms with Crippen LogP contribution < -0.4 is 10.7 Å². The van der Waals surface area contributed by atoms with Crippen LogP contribution in [-0.4, -0.2) is 23.2 Å². The van der Waals surface area contributed by atoms with Crippen molar-refractivity contribution in [3.63, 3.8) is 0 Å². The van der Waals surface area contributed by atoms with Crippen LogP contribution >= 0.6 is 23.2 Å². The highest BCUT2D eigenvalue weighted by molar-refractivity contribution is 6.43. The van der Waals surface area contributed by atoms with Crippen molar-refractivity contribution in [1.82, 2.24) is 9.99 Å². The van der Waals surface area contributed by atoms with E-state index in [0.717, 1.165) is 39.1 Å². The third-order valence-corrected chi connectivity index (χ3v) is 6.07. The summed E-state index contributed by atoms with van der Waals surface area (Å²) in [7, 11) is 0. The zero-order valence-electron chi connectivity index (χ0n) is 17.7. The number of nitrogens with one attached hydrogen (secondary N) is 2. The van der Waals surface area contributed by atoms with Crippen LogP contribution in [0.4, 0.5) is 5.69 Å². The predicted molar refractivity (Wildman–Crippen MR) is 133 cm³/mol. The first-order valence-electron chi connectivity index (χ1n) is 10.1. The minimum absolute atomic E-state index is 0.114. The van der Waals surface area contributed by atoms with E-state index in [0.29, 0.717) is 10.0 Å². The van der Waals surface area contributed by atoms with Gasteiger partial charge in [0.1, 0.15) is 0 Å². The molecule has 0 radical (unpaired) electrons. The van der Waals surface area contributed by atoms with Gasteiger partial charge in [-0.1, -0.05) is 65.7 Å². The van der Waals surface area contributed by atoms with Gasteiger partial charge in [-0.2, -0.15) is 5.10 Å². The largest absolute Gasteiger partial charge is 0.376 e. The van der Waals surface area contributed by atoms with Crippen molar-refractivity contribution in [2.45, 2.75) is 13.8 Å². The lowest BCUT2D eigenvalue weighted by atomic mass is 10.1. The van der Waals surface area contributed by atoms with Gasteiger partial charge in [0.15, 0.2) is 0 Å². The van der Waals surface area contributed by atoms with Gasteiger partial charge >= 0.3 is 0 Å². The molecule has 0 atom stereocenters. The number of aryl methyl sites for hydroxylation is 1. The topological polar surface area (TPSA) is 58.4 Å². The number of nitrogens with zero attached hydrogens (tertiary/aromatic N) is 2. The number of amides is 1. The molecule has 1 aromatic heterocycles. The number of carbonyl (C=O) groups excluding carboxylic acids is 1. The van der Waals surface area contributed by atoms with Crippen LogP contribution in [0.3, 0.4) is 0 Å². The first-order chi connectivity index (χ1) is 15.5. The van der Waals surface area contributed by atoms with Crippen molar-refractivity contribution in [2.24, 2.45) is 5.10 Å². The number of hydrogen-bond acceptors (Lipinski definition) is 3. The number of fused-ring (bicyclic) bond motifs is 1. The van der Waals surface area contributed by atoms with E-state index in [2.05, 4.69) is 15.8 Å². The molecule has 0 bridgehead atoms. The van der Waals surface area contributed by atoms with Crippen LogP contribution in [0.5, 0.6) is 0 Å². The standard InChI is InChI=1S/C25H22Cl2N4O/c1-16-13-19(17(2)31(16)23-12-6-10-21(26)25(23)27)14-29-30-24(32)15-28-22-11-5-8-18-7-3-4-9-20(18)22/h3-14,28H,15H2,1-2H3,(H,30,32)/b29-14-. The molecule has 5 nitrogen and oxygen atoms in total. The highest BCUT2D eigenvalue weighted by Crippen LogP contribution is 2.31. The van der Waals surface area contributed by atoms with E-state index in [1.165, 1.54) is 0 Å². The molecule has 0 saturated carbocycles. The van der Waals surface area contributed by atoms with Crippen molar-refractivity contribution in [3.8, 4) is 5.69 Å². The summed E-state index contributed by atoms with van der Waals surface area (Å²) in [4.78, 5) is 12.3. The van der Waals surface area contributed by atoms with Crippen LogP contribution in [-0.2, 0) is 4.79 Å². The number of hydrogen-bond donors (Lipinski definition) is 2. The molecule has 4 rings (SSSR count). The molecule has 3 aromatic carbocycles. The molecule has 4 aromatic rings. The number of anilines is 1. The summed E-state index contributed by atoms with van der Waals surface area (Å²) < 4.78 is 2.01. The van der Waals surface area contributed by atoms with Crippen LogP contribution in [0.15, 0.2) is 71.8 Å². The smallest absolute Gasteiger partial charge is 0.259 e. The molecule has 0 aliphatic carbocycles. The first-order valence-corrected chi connectivity index (χ1v) is 10.9. The SMILES string of the molecule is Cc1cc(/C=N\NC(=O)CNc2cccc3ccccc23)c(C)n1-c1cccc(Cl)c1Cl. The van der Waals surface area contributed by atoms with Crippen LogP contribution in [0.2, 0.25) is 10.0 Å². The van der Waals surface area contributed by atoms with Crippen molar-refractivity contribution in [2.75, 3.05) is 11.9 Å². The Bertz CT molecular complexity index is 1320. The Morgan fingerprint density at radius 1 is 1.03 bits per heavy atom. The Morgan fingerprint density at radius 2 is 1.78 bits per heavy atom. The van der Waals surface area contributed by atoms with E-state index in [1.807, 2.05) is 79.1 Å². The minimum Gasteiger partial charge on any atom is -0.376 e. The summed E-state index contributed by atoms with van der Waals surface area (Å²) in [5.41, 5.74) is 7.09. The number of benzene rings is 3. The number of rotatable bonds is 6. The Labute approximate surface area is 196 Å². The summed E-state index contributed by atoms with van der Waals surface area (Å²) in [5.74, 6) is -0.235. The maximum absolute atomic E-state index is 12.3. The Balaban J connectivity index is 1.43. The lowest BCUT2D eigenvalue weighted by molar-refractivity contribution is -0.119. The Morgan fingerprint density at radius 3 is 2.62 bits per heavy atom. The maximum Gasteiger partial charge on any atom is 0.259 e. The molecule has 0 spiro atoms. The van der Waals surface area contributed by atoms with Crippen LogP contribution in [0, 0.1) is 13.8 Å². The van der Waals surface area contributed by atoms with E-state index in [1.54, 1.807) is 12.3 Å². The second-order valence-corrected chi connectivity index (χ2v) is 8.19. The number of halogens is 2. The van der Waals surface area contributed by atoms with E-state index in [-0.39, 0.29) is 12.5 Å². The second kappa shape index (κ2) is 9.47. The quantitative estimate of drug-likeness (QED) is 0.266. The molecule has 162 valence electrons. The molecule has 7 heteroatoms. The van der Waals surface area contributed by atoms with Gasteiger partial charge in [-0.15, -0.1) is 0 Å². The van der Waals surface area contributed by atoms with Crippen molar-refractivity contribution < 1.29 is 4.79 Å². The second-order valence-electron chi connectivity index (χ2n) is 7.41. The average Bonchev–Trinajstić information content (AvgIpc) is 3.07. The summed E-state index contributed by atoms with van der Waals surface area (Å²) >= 11 is 12.6. The van der Waals surface area contributed by atoms with E-state index < -0.39 is 0 Å². The molecule has 0 unspecified atom stereocenters. The normalized spacial score (nSPS) is 11.2. The van der Waals surface area contributed by atoms with Gasteiger partial charge < -0.3 is 9.88 Å². The van der Waals surface area contributed by atoms with Gasteiger partial charge in [0, 0.05) is 28.0 Å². The van der Waals surface area contributed by atoms with E-state index >= 15 is 0 Å². The first kappa shape index (κ1) is 21.9. The lowest BCUT2D eigenvalue weighted by Crippen LogP contribution is -2.25. The average molecular weight is 465 g/mol. The molecular weight excluding hydrogens is 443 g/mol. The molecule has 0 aliphatic heterocycles. The third-order valence-electron chi connectivity index (χ3n) is 5.26. The molecule has 0 saturated heterocycles. The van der Waals surface area contributed by atoms with Crippen LogP contribution in [0.1, 0.15) is 17.0 Å². The zero-order chi connectivity index (χ0) is 22.7. The molecular formula is C25H22Cl2N4O. The highest BCUT2D eigenvalue weighted by atomic mass is 35.5. The fourth-order valence-corrected chi connectivity index (χ4v) is 4.10. The third kappa shape index (κ3) is 4.49. The maximum atomic E-state index is 12.3. The number of carbonyl (C=O) groups is 1. The molecule has 32 heavy (non-hydrogen) atoms. The Hall–Kier alpha value is -3.28.